The van der Waals surface area contributed by atoms with Crippen molar-refractivity contribution >= 4 is 17.7 Å². The summed E-state index contributed by atoms with van der Waals surface area (Å²) in [6.07, 6.45) is 0.366. The average Bonchev–Trinajstić information content (AvgIpc) is 2.58. The summed E-state index contributed by atoms with van der Waals surface area (Å²) in [5, 5.41) is 0. The van der Waals surface area contributed by atoms with Gasteiger partial charge in [-0.1, -0.05) is 6.07 Å². The summed E-state index contributed by atoms with van der Waals surface area (Å²) in [5.74, 6) is -1.23. The van der Waals surface area contributed by atoms with Gasteiger partial charge in [-0.25, -0.2) is 0 Å². The summed E-state index contributed by atoms with van der Waals surface area (Å²) in [7, 11) is 0. The van der Waals surface area contributed by atoms with Crippen LogP contribution in [0.1, 0.15) is 12.1 Å². The molecule has 2 rings (SSSR count). The second-order valence-corrected chi connectivity index (χ2v) is 6.10. The lowest BCUT2D eigenvalue weighted by Crippen LogP contribution is -2.41. The van der Waals surface area contributed by atoms with Crippen molar-refractivity contribution in [3.63, 3.8) is 0 Å². The molecule has 0 aliphatic heterocycles. The number of hydrogen-bond donors (Lipinski definition) is 0. The van der Waals surface area contributed by atoms with Crippen LogP contribution in [-0.2, 0) is 11.3 Å². The van der Waals surface area contributed by atoms with E-state index in [9.17, 15) is 18.0 Å². The highest BCUT2D eigenvalue weighted by atomic mass is 32.2. The van der Waals surface area contributed by atoms with Crippen LogP contribution in [0.25, 0.3) is 0 Å². The lowest BCUT2D eigenvalue weighted by Gasteiger charge is -2.23. The molecule has 0 unspecified atom stereocenters. The van der Waals surface area contributed by atoms with Crippen LogP contribution in [0.4, 0.5) is 13.2 Å². The maximum Gasteiger partial charge on any atom is 0.471 e. The molecular formula is C16H16F3N3OS. The van der Waals surface area contributed by atoms with Crippen LogP contribution in [0, 0.1) is 0 Å². The molecule has 0 saturated heterocycles. The Balaban J connectivity index is 1.91. The molecule has 2 aromatic rings. The van der Waals surface area contributed by atoms with Gasteiger partial charge in [-0.05, 0) is 36.4 Å². The third-order valence-corrected chi connectivity index (χ3v) is 4.20. The molecule has 0 spiro atoms. The summed E-state index contributed by atoms with van der Waals surface area (Å²) >= 11 is 1.51. The Morgan fingerprint density at radius 2 is 1.88 bits per heavy atom. The summed E-state index contributed by atoms with van der Waals surface area (Å²) in [4.78, 5) is 21.3. The van der Waals surface area contributed by atoms with E-state index in [2.05, 4.69) is 9.97 Å². The molecule has 4 nitrogen and oxygen atoms in total. The molecule has 0 radical (unpaired) electrons. The summed E-state index contributed by atoms with van der Waals surface area (Å²) in [5.41, 5.74) is 0.428. The van der Waals surface area contributed by atoms with Crippen LogP contribution in [0.2, 0.25) is 0 Å². The third kappa shape index (κ3) is 5.84. The molecule has 24 heavy (non-hydrogen) atoms. The van der Waals surface area contributed by atoms with Gasteiger partial charge in [0, 0.05) is 30.0 Å². The molecule has 0 bridgehead atoms. The maximum absolute atomic E-state index is 12.8. The van der Waals surface area contributed by atoms with E-state index >= 15 is 0 Å². The van der Waals surface area contributed by atoms with Crippen molar-refractivity contribution in [1.82, 2.24) is 14.9 Å². The van der Waals surface area contributed by atoms with E-state index in [4.69, 9.17) is 0 Å². The van der Waals surface area contributed by atoms with E-state index in [0.717, 1.165) is 9.80 Å². The molecule has 128 valence electrons. The van der Waals surface area contributed by atoms with Crippen LogP contribution < -0.4 is 0 Å². The first-order chi connectivity index (χ1) is 11.5. The zero-order chi connectivity index (χ0) is 17.4. The van der Waals surface area contributed by atoms with E-state index in [1.54, 1.807) is 30.6 Å². The molecule has 1 amide bonds. The molecule has 0 fully saturated rings. The number of halogens is 3. The minimum absolute atomic E-state index is 0.0208. The summed E-state index contributed by atoms with van der Waals surface area (Å²) in [6, 6.07) is 8.61. The van der Waals surface area contributed by atoms with Crippen molar-refractivity contribution in [2.75, 3.05) is 12.3 Å². The van der Waals surface area contributed by atoms with Gasteiger partial charge in [-0.3, -0.25) is 14.8 Å². The second kappa shape index (κ2) is 8.68. The number of nitrogens with zero attached hydrogens (tertiary/aromatic N) is 3. The average molecular weight is 355 g/mol. The van der Waals surface area contributed by atoms with Gasteiger partial charge >= 0.3 is 12.1 Å². The number of hydrogen-bond acceptors (Lipinski definition) is 4. The zero-order valence-corrected chi connectivity index (χ0v) is 13.6. The molecule has 0 saturated carbocycles. The Labute approximate surface area is 142 Å². The van der Waals surface area contributed by atoms with Gasteiger partial charge in [-0.2, -0.15) is 13.2 Å². The van der Waals surface area contributed by atoms with Gasteiger partial charge in [0.25, 0.3) is 0 Å². The summed E-state index contributed by atoms with van der Waals surface area (Å²) < 4.78 is 38.3. The van der Waals surface area contributed by atoms with Crippen LogP contribution in [-0.4, -0.2) is 39.2 Å². The molecule has 0 aliphatic rings. The predicted molar refractivity (Wildman–Crippen MR) is 85.3 cm³/mol. The Kier molecular flexibility index (Phi) is 6.60. The third-order valence-electron chi connectivity index (χ3n) is 3.10. The Hall–Kier alpha value is -2.09. The van der Waals surface area contributed by atoms with Gasteiger partial charge < -0.3 is 4.90 Å². The number of carbonyl (C=O) groups excluding carboxylic acids is 1. The van der Waals surface area contributed by atoms with E-state index in [-0.39, 0.29) is 13.1 Å². The Morgan fingerprint density at radius 3 is 2.50 bits per heavy atom. The van der Waals surface area contributed by atoms with E-state index in [1.165, 1.54) is 18.0 Å². The van der Waals surface area contributed by atoms with Crippen molar-refractivity contribution in [2.45, 2.75) is 24.0 Å². The largest absolute Gasteiger partial charge is 0.471 e. The first kappa shape index (κ1) is 18.3. The van der Waals surface area contributed by atoms with Crippen LogP contribution in [0.5, 0.6) is 0 Å². The first-order valence-corrected chi connectivity index (χ1v) is 8.24. The number of aromatic nitrogens is 2. The quantitative estimate of drug-likeness (QED) is 0.563. The molecule has 2 heterocycles. The van der Waals surface area contributed by atoms with Gasteiger partial charge in [0.1, 0.15) is 0 Å². The van der Waals surface area contributed by atoms with Gasteiger partial charge in [0.05, 0.1) is 12.2 Å². The van der Waals surface area contributed by atoms with Crippen LogP contribution in [0.15, 0.2) is 53.8 Å². The molecule has 0 atom stereocenters. The van der Waals surface area contributed by atoms with E-state index in [1.807, 2.05) is 12.1 Å². The topological polar surface area (TPSA) is 46.1 Å². The molecule has 8 heteroatoms. The van der Waals surface area contributed by atoms with Crippen LogP contribution >= 0.6 is 11.8 Å². The number of alkyl halides is 3. The number of rotatable bonds is 7. The number of carbonyl (C=O) groups is 1. The monoisotopic (exact) mass is 355 g/mol. The fourth-order valence-electron chi connectivity index (χ4n) is 2.00. The Morgan fingerprint density at radius 1 is 1.12 bits per heavy atom. The molecule has 0 aliphatic carbocycles. The van der Waals surface area contributed by atoms with Gasteiger partial charge in [0.2, 0.25) is 0 Å². The van der Waals surface area contributed by atoms with Gasteiger partial charge in [-0.15, -0.1) is 11.8 Å². The SMILES string of the molecule is O=C(N(CCCSc1ccncc1)Cc1ccccn1)C(F)(F)F. The molecule has 0 aromatic carbocycles. The van der Waals surface area contributed by atoms with Crippen molar-refractivity contribution in [1.29, 1.82) is 0 Å². The Bertz CT molecular complexity index is 638. The first-order valence-electron chi connectivity index (χ1n) is 7.25. The maximum atomic E-state index is 12.8. The molecule has 0 N–H and O–H groups in total. The lowest BCUT2D eigenvalue weighted by molar-refractivity contribution is -0.186. The van der Waals surface area contributed by atoms with Crippen LogP contribution in [0.3, 0.4) is 0 Å². The number of pyridine rings is 2. The van der Waals surface area contributed by atoms with E-state index in [0.29, 0.717) is 17.9 Å². The second-order valence-electron chi connectivity index (χ2n) is 4.93. The normalized spacial score (nSPS) is 11.3. The fraction of sp³-hybridized carbons (Fsp3) is 0.312. The smallest absolute Gasteiger partial charge is 0.329 e. The van der Waals surface area contributed by atoms with Crippen molar-refractivity contribution in [3.05, 3.63) is 54.6 Å². The highest BCUT2D eigenvalue weighted by Gasteiger charge is 2.42. The zero-order valence-electron chi connectivity index (χ0n) is 12.7. The number of amides is 1. The molecular weight excluding hydrogens is 339 g/mol. The summed E-state index contributed by atoms with van der Waals surface area (Å²) in [6.45, 7) is -0.133. The van der Waals surface area contributed by atoms with Crippen molar-refractivity contribution < 1.29 is 18.0 Å². The van der Waals surface area contributed by atoms with Crippen molar-refractivity contribution in [2.24, 2.45) is 0 Å². The number of thioether (sulfide) groups is 1. The standard InChI is InChI=1S/C16H16F3N3OS/c17-16(18,19)15(23)22(12-13-4-1-2-7-21-13)10-3-11-24-14-5-8-20-9-6-14/h1-2,4-9H,3,10-12H2. The highest BCUT2D eigenvalue weighted by molar-refractivity contribution is 7.99. The van der Waals surface area contributed by atoms with Crippen molar-refractivity contribution in [3.8, 4) is 0 Å². The molecule has 2 aromatic heterocycles. The highest BCUT2D eigenvalue weighted by Crippen LogP contribution is 2.21. The van der Waals surface area contributed by atoms with Gasteiger partial charge in [0.15, 0.2) is 0 Å². The van der Waals surface area contributed by atoms with E-state index < -0.39 is 12.1 Å². The lowest BCUT2D eigenvalue weighted by atomic mass is 10.3. The minimum Gasteiger partial charge on any atom is -0.329 e. The fourth-order valence-corrected chi connectivity index (χ4v) is 2.82. The predicted octanol–water partition coefficient (Wildman–Crippen LogP) is 3.55. The minimum atomic E-state index is -4.88.